The molecule has 4 rings (SSSR count). The monoisotopic (exact) mass is 430 g/mol. The molecule has 1 aliphatic heterocycles. The van der Waals surface area contributed by atoms with Crippen molar-refractivity contribution in [1.82, 2.24) is 9.62 Å². The zero-order valence-electron chi connectivity index (χ0n) is 17.1. The number of likely N-dealkylation sites (tertiary alicyclic amines) is 1. The standard InChI is InChI=1S/C23H27FN2O3S/c1-30(28,29)25-18-5-4-13-26(14-12-18)23(27)22-15-21(22)20-7-3-2-6-19(20)16-8-10-17(24)11-9-16/h2-3,6-11,18,21-22,25H,4-5,12-15H2,1H3/t18-,21+,22-/m1/s1. The van der Waals surface area contributed by atoms with Gasteiger partial charge in [-0.1, -0.05) is 36.4 Å². The summed E-state index contributed by atoms with van der Waals surface area (Å²) in [6.07, 6.45) is 4.18. The molecule has 1 aliphatic carbocycles. The fourth-order valence-electron chi connectivity index (χ4n) is 4.50. The number of carbonyl (C=O) groups excluding carboxylic acids is 1. The molecule has 1 amide bonds. The normalized spacial score (nSPS) is 24.3. The molecule has 160 valence electrons. The molecule has 1 saturated heterocycles. The van der Waals surface area contributed by atoms with Gasteiger partial charge in [0.2, 0.25) is 15.9 Å². The van der Waals surface area contributed by atoms with E-state index in [1.807, 2.05) is 23.1 Å². The van der Waals surface area contributed by atoms with E-state index in [2.05, 4.69) is 10.8 Å². The maximum Gasteiger partial charge on any atom is 0.226 e. The lowest BCUT2D eigenvalue weighted by molar-refractivity contribution is -0.132. The SMILES string of the molecule is CS(=O)(=O)N[C@@H]1CCCN(C(=O)[C@@H]2C[C@H]2c2ccccc2-c2ccc(F)cc2)CC1. The number of amides is 1. The van der Waals surface area contributed by atoms with Gasteiger partial charge in [-0.2, -0.15) is 0 Å². The molecule has 0 spiro atoms. The van der Waals surface area contributed by atoms with Crippen molar-refractivity contribution in [2.45, 2.75) is 37.6 Å². The number of hydrogen-bond donors (Lipinski definition) is 1. The molecular weight excluding hydrogens is 403 g/mol. The van der Waals surface area contributed by atoms with Gasteiger partial charge in [-0.25, -0.2) is 17.5 Å². The summed E-state index contributed by atoms with van der Waals surface area (Å²) < 4.78 is 39.0. The van der Waals surface area contributed by atoms with Crippen LogP contribution < -0.4 is 4.72 Å². The van der Waals surface area contributed by atoms with Gasteiger partial charge in [0.25, 0.3) is 0 Å². The fraction of sp³-hybridized carbons (Fsp3) is 0.435. The molecular formula is C23H27FN2O3S. The molecule has 1 N–H and O–H groups in total. The second kappa shape index (κ2) is 8.47. The summed E-state index contributed by atoms with van der Waals surface area (Å²) in [5, 5.41) is 0. The molecule has 2 aromatic rings. The van der Waals surface area contributed by atoms with E-state index in [1.165, 1.54) is 18.4 Å². The minimum absolute atomic E-state index is 0.0361. The highest BCUT2D eigenvalue weighted by Crippen LogP contribution is 2.51. The highest BCUT2D eigenvalue weighted by Gasteiger charge is 2.46. The second-order valence-corrected chi connectivity index (χ2v) is 10.2. The lowest BCUT2D eigenvalue weighted by Gasteiger charge is -2.21. The third-order valence-corrected chi connectivity index (χ3v) is 6.81. The summed E-state index contributed by atoms with van der Waals surface area (Å²) in [7, 11) is -3.24. The van der Waals surface area contributed by atoms with Crippen LogP contribution in [0.2, 0.25) is 0 Å². The highest BCUT2D eigenvalue weighted by molar-refractivity contribution is 7.88. The molecule has 1 saturated carbocycles. The minimum Gasteiger partial charge on any atom is -0.342 e. The first-order valence-corrected chi connectivity index (χ1v) is 12.3. The number of halogens is 1. The third-order valence-electron chi connectivity index (χ3n) is 6.04. The van der Waals surface area contributed by atoms with Crippen LogP contribution in [0, 0.1) is 11.7 Å². The van der Waals surface area contributed by atoms with Gasteiger partial charge in [-0.15, -0.1) is 0 Å². The Labute approximate surface area is 177 Å². The molecule has 0 radical (unpaired) electrons. The molecule has 0 unspecified atom stereocenters. The number of benzene rings is 2. The van der Waals surface area contributed by atoms with Gasteiger partial charge in [-0.3, -0.25) is 4.79 Å². The van der Waals surface area contributed by atoms with Crippen LogP contribution in [0.5, 0.6) is 0 Å². The summed E-state index contributed by atoms with van der Waals surface area (Å²) >= 11 is 0. The fourth-order valence-corrected chi connectivity index (χ4v) is 5.34. The van der Waals surface area contributed by atoms with E-state index < -0.39 is 10.0 Å². The topological polar surface area (TPSA) is 66.5 Å². The Bertz CT molecular complexity index is 1020. The van der Waals surface area contributed by atoms with Crippen molar-refractivity contribution in [2.75, 3.05) is 19.3 Å². The number of sulfonamides is 1. The zero-order chi connectivity index (χ0) is 21.3. The van der Waals surface area contributed by atoms with Crippen LogP contribution in [0.25, 0.3) is 11.1 Å². The molecule has 2 fully saturated rings. The lowest BCUT2D eigenvalue weighted by Crippen LogP contribution is -2.36. The van der Waals surface area contributed by atoms with Crippen molar-refractivity contribution < 1.29 is 17.6 Å². The van der Waals surface area contributed by atoms with E-state index in [-0.39, 0.29) is 29.6 Å². The average Bonchev–Trinajstić information content (AvgIpc) is 3.51. The lowest BCUT2D eigenvalue weighted by atomic mass is 9.96. The highest BCUT2D eigenvalue weighted by atomic mass is 32.2. The Morgan fingerprint density at radius 3 is 2.53 bits per heavy atom. The Morgan fingerprint density at radius 1 is 1.07 bits per heavy atom. The van der Waals surface area contributed by atoms with Crippen molar-refractivity contribution in [3.8, 4) is 11.1 Å². The molecule has 5 nitrogen and oxygen atoms in total. The molecule has 30 heavy (non-hydrogen) atoms. The first-order chi connectivity index (χ1) is 14.3. The Morgan fingerprint density at radius 2 is 1.80 bits per heavy atom. The number of nitrogens with zero attached hydrogens (tertiary/aromatic N) is 1. The second-order valence-electron chi connectivity index (χ2n) is 8.39. The van der Waals surface area contributed by atoms with Crippen molar-refractivity contribution in [3.05, 3.63) is 59.9 Å². The van der Waals surface area contributed by atoms with Gasteiger partial charge in [0, 0.05) is 25.0 Å². The third kappa shape index (κ3) is 4.90. The smallest absolute Gasteiger partial charge is 0.226 e. The van der Waals surface area contributed by atoms with Crippen molar-refractivity contribution in [1.29, 1.82) is 0 Å². The predicted molar refractivity (Wildman–Crippen MR) is 115 cm³/mol. The van der Waals surface area contributed by atoms with Crippen LogP contribution in [-0.2, 0) is 14.8 Å². The Kier molecular flexibility index (Phi) is 5.93. The summed E-state index contributed by atoms with van der Waals surface area (Å²) in [6.45, 7) is 1.25. The van der Waals surface area contributed by atoms with E-state index in [4.69, 9.17) is 0 Å². The quantitative estimate of drug-likeness (QED) is 0.789. The van der Waals surface area contributed by atoms with Crippen LogP contribution in [0.3, 0.4) is 0 Å². The van der Waals surface area contributed by atoms with Crippen LogP contribution >= 0.6 is 0 Å². The maximum absolute atomic E-state index is 13.3. The summed E-state index contributed by atoms with van der Waals surface area (Å²) in [5.74, 6) is 0.0346. The van der Waals surface area contributed by atoms with E-state index in [1.54, 1.807) is 12.1 Å². The van der Waals surface area contributed by atoms with Crippen molar-refractivity contribution in [2.24, 2.45) is 5.92 Å². The zero-order valence-corrected chi connectivity index (χ0v) is 17.9. The molecule has 0 aromatic heterocycles. The van der Waals surface area contributed by atoms with Gasteiger partial charge in [0.05, 0.1) is 6.26 Å². The summed E-state index contributed by atoms with van der Waals surface area (Å²) in [5.41, 5.74) is 3.13. The van der Waals surface area contributed by atoms with Gasteiger partial charge in [0.1, 0.15) is 5.82 Å². The molecule has 2 aromatic carbocycles. The van der Waals surface area contributed by atoms with Crippen LogP contribution in [0.4, 0.5) is 4.39 Å². The minimum atomic E-state index is -3.24. The van der Waals surface area contributed by atoms with Crippen LogP contribution in [0.1, 0.15) is 37.2 Å². The molecule has 0 bridgehead atoms. The molecule has 2 aliphatic rings. The largest absolute Gasteiger partial charge is 0.342 e. The first-order valence-electron chi connectivity index (χ1n) is 10.4. The van der Waals surface area contributed by atoms with E-state index in [0.29, 0.717) is 19.5 Å². The van der Waals surface area contributed by atoms with E-state index in [9.17, 15) is 17.6 Å². The number of nitrogens with one attached hydrogen (secondary N) is 1. The maximum atomic E-state index is 13.3. The van der Waals surface area contributed by atoms with Gasteiger partial charge in [0.15, 0.2) is 0 Å². The molecule has 3 atom stereocenters. The molecule has 1 heterocycles. The van der Waals surface area contributed by atoms with Gasteiger partial charge >= 0.3 is 0 Å². The molecule has 7 heteroatoms. The van der Waals surface area contributed by atoms with Gasteiger partial charge < -0.3 is 4.90 Å². The first kappa shape index (κ1) is 21.0. The Hall–Kier alpha value is -2.25. The predicted octanol–water partition coefficient (Wildman–Crippen LogP) is 3.53. The average molecular weight is 431 g/mol. The Balaban J connectivity index is 1.44. The number of carbonyl (C=O) groups is 1. The number of rotatable bonds is 5. The summed E-state index contributed by atoms with van der Waals surface area (Å²) in [4.78, 5) is 15.0. The van der Waals surface area contributed by atoms with E-state index >= 15 is 0 Å². The number of hydrogen-bond acceptors (Lipinski definition) is 3. The van der Waals surface area contributed by atoms with E-state index in [0.717, 1.165) is 36.0 Å². The summed E-state index contributed by atoms with van der Waals surface area (Å²) in [6, 6.07) is 14.4. The van der Waals surface area contributed by atoms with Crippen molar-refractivity contribution >= 4 is 15.9 Å². The van der Waals surface area contributed by atoms with Crippen LogP contribution in [-0.4, -0.2) is 44.6 Å². The van der Waals surface area contributed by atoms with Crippen LogP contribution in [0.15, 0.2) is 48.5 Å². The van der Waals surface area contributed by atoms with Crippen molar-refractivity contribution in [3.63, 3.8) is 0 Å². The van der Waals surface area contributed by atoms with Gasteiger partial charge in [-0.05, 0) is 60.4 Å².